The maximum absolute atomic E-state index is 5.99. The fraction of sp³-hybridized carbons (Fsp3) is 1.00. The monoisotopic (exact) mass is 228 g/mol. The molecule has 0 aromatic carbocycles. The zero-order chi connectivity index (χ0) is 11.6. The molecule has 3 atom stereocenters. The Labute approximate surface area is 96.2 Å². The lowest BCUT2D eigenvalue weighted by atomic mass is 9.69. The molecule has 2 aliphatic heterocycles. The van der Waals surface area contributed by atoms with Gasteiger partial charge in [-0.25, -0.2) is 0 Å². The minimum atomic E-state index is -0.512. The minimum absolute atomic E-state index is 0.0312. The van der Waals surface area contributed by atoms with Crippen LogP contribution in [0.4, 0.5) is 0 Å². The number of rotatable bonds is 1. The van der Waals surface area contributed by atoms with Crippen molar-refractivity contribution in [3.05, 3.63) is 0 Å². The maximum Gasteiger partial charge on any atom is 0.186 e. The number of methoxy groups -OCH3 is 1. The number of ether oxygens (including phenoxy) is 4. The molecule has 0 bridgehead atoms. The average molecular weight is 228 g/mol. The highest BCUT2D eigenvalue weighted by Gasteiger charge is 2.66. The average Bonchev–Trinajstić information content (AvgIpc) is 2.58. The van der Waals surface area contributed by atoms with E-state index in [1.165, 1.54) is 0 Å². The summed E-state index contributed by atoms with van der Waals surface area (Å²) in [5.74, 6) is 0.199. The molecule has 92 valence electrons. The molecule has 0 N–H and O–H groups in total. The summed E-state index contributed by atoms with van der Waals surface area (Å²) in [6.07, 6.45) is 1.77. The van der Waals surface area contributed by atoms with E-state index in [9.17, 15) is 0 Å². The Bertz CT molecular complexity index is 295. The highest BCUT2D eigenvalue weighted by Crippen LogP contribution is 2.54. The molecule has 2 saturated heterocycles. The summed E-state index contributed by atoms with van der Waals surface area (Å²) in [5, 5.41) is 0. The molecule has 3 rings (SSSR count). The fourth-order valence-electron chi connectivity index (χ4n) is 3.39. The van der Waals surface area contributed by atoms with Crippen LogP contribution in [0.15, 0.2) is 0 Å². The van der Waals surface area contributed by atoms with E-state index in [-0.39, 0.29) is 24.1 Å². The largest absolute Gasteiger partial charge is 0.353 e. The van der Waals surface area contributed by atoms with Gasteiger partial charge in [-0.15, -0.1) is 0 Å². The van der Waals surface area contributed by atoms with E-state index in [1.807, 2.05) is 13.8 Å². The van der Waals surface area contributed by atoms with Crippen molar-refractivity contribution in [1.82, 2.24) is 0 Å². The van der Waals surface area contributed by atoms with Crippen LogP contribution in [0.1, 0.15) is 33.6 Å². The van der Waals surface area contributed by atoms with Gasteiger partial charge in [0.1, 0.15) is 17.8 Å². The van der Waals surface area contributed by atoms with Gasteiger partial charge in [0.2, 0.25) is 0 Å². The van der Waals surface area contributed by atoms with E-state index >= 15 is 0 Å². The molecule has 0 aromatic heterocycles. The molecule has 0 unspecified atom stereocenters. The van der Waals surface area contributed by atoms with Crippen molar-refractivity contribution in [2.24, 2.45) is 5.92 Å². The Morgan fingerprint density at radius 1 is 1.12 bits per heavy atom. The standard InChI is InChI=1S/C12H20O4/c1-7-5-12(6-7)9-8(10(13-4)16-12)14-11(2,3)15-9/h7-10H,5-6H2,1-4H3/t7-,8-,9+,10-,12+/m1/s1. The Balaban J connectivity index is 1.84. The molecule has 1 aliphatic carbocycles. The molecule has 4 nitrogen and oxygen atoms in total. The van der Waals surface area contributed by atoms with Crippen molar-refractivity contribution in [2.75, 3.05) is 7.11 Å². The third-order valence-corrected chi connectivity index (χ3v) is 3.89. The lowest BCUT2D eigenvalue weighted by molar-refractivity contribution is -0.271. The highest BCUT2D eigenvalue weighted by atomic mass is 16.8. The summed E-state index contributed by atoms with van der Waals surface area (Å²) < 4.78 is 23.2. The Morgan fingerprint density at radius 2 is 1.81 bits per heavy atom. The Morgan fingerprint density at radius 3 is 2.38 bits per heavy atom. The molecular formula is C12H20O4. The molecular weight excluding hydrogens is 208 g/mol. The zero-order valence-corrected chi connectivity index (χ0v) is 10.4. The first-order chi connectivity index (χ1) is 7.46. The van der Waals surface area contributed by atoms with Gasteiger partial charge in [0, 0.05) is 7.11 Å². The normalized spacial score (nSPS) is 54.0. The van der Waals surface area contributed by atoms with Crippen molar-refractivity contribution < 1.29 is 18.9 Å². The van der Waals surface area contributed by atoms with Crippen LogP contribution in [-0.4, -0.2) is 37.0 Å². The van der Waals surface area contributed by atoms with Crippen molar-refractivity contribution in [2.45, 2.75) is 63.5 Å². The number of fused-ring (bicyclic) bond motifs is 2. The summed E-state index contributed by atoms with van der Waals surface area (Å²) in [7, 11) is 1.66. The van der Waals surface area contributed by atoms with Crippen molar-refractivity contribution in [1.29, 1.82) is 0 Å². The van der Waals surface area contributed by atoms with E-state index in [1.54, 1.807) is 7.11 Å². The van der Waals surface area contributed by atoms with Crippen LogP contribution in [0.3, 0.4) is 0 Å². The first kappa shape index (κ1) is 11.0. The molecule has 0 amide bonds. The predicted molar refractivity (Wildman–Crippen MR) is 56.8 cm³/mol. The Kier molecular flexibility index (Phi) is 2.19. The number of hydrogen-bond donors (Lipinski definition) is 0. The summed E-state index contributed by atoms with van der Waals surface area (Å²) >= 11 is 0. The van der Waals surface area contributed by atoms with E-state index in [2.05, 4.69) is 6.92 Å². The van der Waals surface area contributed by atoms with Crippen LogP contribution in [-0.2, 0) is 18.9 Å². The molecule has 1 saturated carbocycles. The van der Waals surface area contributed by atoms with Gasteiger partial charge < -0.3 is 18.9 Å². The summed E-state index contributed by atoms with van der Waals surface area (Å²) in [5.41, 5.74) is -0.154. The van der Waals surface area contributed by atoms with Crippen LogP contribution in [0.2, 0.25) is 0 Å². The van der Waals surface area contributed by atoms with Gasteiger partial charge in [-0.3, -0.25) is 0 Å². The van der Waals surface area contributed by atoms with E-state index in [0.717, 1.165) is 12.8 Å². The lowest BCUT2D eigenvalue weighted by Gasteiger charge is -2.46. The van der Waals surface area contributed by atoms with Gasteiger partial charge in [-0.1, -0.05) is 6.92 Å². The first-order valence-corrected chi connectivity index (χ1v) is 6.02. The van der Waals surface area contributed by atoms with E-state index < -0.39 is 5.79 Å². The van der Waals surface area contributed by atoms with Crippen LogP contribution in [0.25, 0.3) is 0 Å². The molecule has 2 heterocycles. The van der Waals surface area contributed by atoms with Crippen molar-refractivity contribution in [3.63, 3.8) is 0 Å². The third-order valence-electron chi connectivity index (χ3n) is 3.89. The smallest absolute Gasteiger partial charge is 0.186 e. The molecule has 1 spiro atoms. The molecule has 0 aromatic rings. The molecule has 3 aliphatic rings. The zero-order valence-electron chi connectivity index (χ0n) is 10.4. The number of hydrogen-bond acceptors (Lipinski definition) is 4. The SMILES string of the molecule is CO[C@@H]1O[C@]2(C[C@@H](C)C2)[C@H]2OC(C)(C)O[C@@H]12. The van der Waals surface area contributed by atoms with Crippen molar-refractivity contribution >= 4 is 0 Å². The van der Waals surface area contributed by atoms with Gasteiger partial charge >= 0.3 is 0 Å². The van der Waals surface area contributed by atoms with Crippen molar-refractivity contribution in [3.8, 4) is 0 Å². The van der Waals surface area contributed by atoms with Crippen LogP contribution in [0.5, 0.6) is 0 Å². The van der Waals surface area contributed by atoms with Gasteiger partial charge in [-0.2, -0.15) is 0 Å². The first-order valence-electron chi connectivity index (χ1n) is 6.02. The predicted octanol–water partition coefficient (Wildman–Crippen LogP) is 1.68. The van der Waals surface area contributed by atoms with Crippen LogP contribution < -0.4 is 0 Å². The summed E-state index contributed by atoms with van der Waals surface area (Å²) in [4.78, 5) is 0. The fourth-order valence-corrected chi connectivity index (χ4v) is 3.39. The van der Waals surface area contributed by atoms with E-state index in [0.29, 0.717) is 5.92 Å². The van der Waals surface area contributed by atoms with E-state index in [4.69, 9.17) is 18.9 Å². The summed E-state index contributed by atoms with van der Waals surface area (Å²) in [6, 6.07) is 0. The molecule has 4 heteroatoms. The van der Waals surface area contributed by atoms with Crippen LogP contribution in [0, 0.1) is 5.92 Å². The molecule has 16 heavy (non-hydrogen) atoms. The molecule has 0 radical (unpaired) electrons. The lowest BCUT2D eigenvalue weighted by Crippen LogP contribution is -2.52. The third kappa shape index (κ3) is 1.37. The quantitative estimate of drug-likeness (QED) is 0.684. The maximum atomic E-state index is 5.99. The molecule has 3 fully saturated rings. The second kappa shape index (κ2) is 3.19. The van der Waals surface area contributed by atoms with Gasteiger partial charge in [-0.05, 0) is 32.6 Å². The van der Waals surface area contributed by atoms with Gasteiger partial charge in [0.05, 0.1) is 0 Å². The highest BCUT2D eigenvalue weighted by molar-refractivity contribution is 5.10. The topological polar surface area (TPSA) is 36.9 Å². The van der Waals surface area contributed by atoms with Crippen LogP contribution >= 0.6 is 0 Å². The second-order valence-electron chi connectivity index (χ2n) is 5.82. The van der Waals surface area contributed by atoms with Gasteiger partial charge in [0.25, 0.3) is 0 Å². The Hall–Kier alpha value is -0.160. The second-order valence-corrected chi connectivity index (χ2v) is 5.82. The van der Waals surface area contributed by atoms with Gasteiger partial charge in [0.15, 0.2) is 12.1 Å². The summed E-state index contributed by atoms with van der Waals surface area (Å²) in [6.45, 7) is 6.15. The minimum Gasteiger partial charge on any atom is -0.353 e.